The van der Waals surface area contributed by atoms with E-state index >= 15 is 0 Å². The van der Waals surface area contributed by atoms with Crippen molar-refractivity contribution in [3.8, 4) is 0 Å². The van der Waals surface area contributed by atoms with Crippen LogP contribution >= 0.6 is 11.6 Å². The smallest absolute Gasteiger partial charge is 0.228 e. The van der Waals surface area contributed by atoms with Gasteiger partial charge >= 0.3 is 0 Å². The van der Waals surface area contributed by atoms with Crippen LogP contribution in [0.15, 0.2) is 12.2 Å². The van der Waals surface area contributed by atoms with Crippen LogP contribution in [0.1, 0.15) is 0 Å². The molecule has 1 atom stereocenters. The number of alkyl halides is 1. The lowest BCUT2D eigenvalue weighted by Crippen LogP contribution is -2.32. The molecule has 4 heteroatoms. The summed E-state index contributed by atoms with van der Waals surface area (Å²) in [5.74, 6) is -2.07. The van der Waals surface area contributed by atoms with Gasteiger partial charge in [0, 0.05) is 0 Å². The normalized spacial score (nSPS) is 25.7. The van der Waals surface area contributed by atoms with Gasteiger partial charge in [-0.05, 0) is 12.2 Å². The Balaban J connectivity index is 3.00. The van der Waals surface area contributed by atoms with Crippen molar-refractivity contribution in [3.63, 3.8) is 0 Å². The third-order valence-corrected chi connectivity index (χ3v) is 1.54. The summed E-state index contributed by atoms with van der Waals surface area (Å²) in [6.07, 6.45) is 1.95. The molecule has 0 N–H and O–H groups in total. The maximum absolute atomic E-state index is 10.6. The molecule has 0 saturated carbocycles. The zero-order valence-electron chi connectivity index (χ0n) is 4.83. The Bertz CT molecular complexity index is 241. The van der Waals surface area contributed by atoms with Crippen molar-refractivity contribution in [1.29, 1.82) is 0 Å². The Hall–Kier alpha value is -0.960. The van der Waals surface area contributed by atoms with E-state index in [0.717, 1.165) is 12.2 Å². The number of Topliss-reactive ketones (excluding diaryl/α,β-unsaturated/α-hetero) is 1. The van der Waals surface area contributed by atoms with Crippen LogP contribution < -0.4 is 0 Å². The Morgan fingerprint density at radius 1 is 1.20 bits per heavy atom. The van der Waals surface area contributed by atoms with Crippen LogP contribution in [-0.4, -0.2) is 22.7 Å². The highest BCUT2D eigenvalue weighted by atomic mass is 35.5. The second kappa shape index (κ2) is 2.34. The zero-order chi connectivity index (χ0) is 7.72. The Kier molecular flexibility index (Phi) is 1.68. The highest BCUT2D eigenvalue weighted by Gasteiger charge is 2.30. The van der Waals surface area contributed by atoms with Gasteiger partial charge in [0.05, 0.1) is 0 Å². The largest absolute Gasteiger partial charge is 0.293 e. The van der Waals surface area contributed by atoms with Crippen LogP contribution in [0.5, 0.6) is 0 Å². The lowest BCUT2D eigenvalue weighted by Gasteiger charge is -2.04. The molecule has 10 heavy (non-hydrogen) atoms. The summed E-state index contributed by atoms with van der Waals surface area (Å²) in [5, 5.41) is -1.29. The number of allylic oxidation sites excluding steroid dienone is 2. The van der Waals surface area contributed by atoms with Gasteiger partial charge in [-0.25, -0.2) is 0 Å². The Morgan fingerprint density at radius 3 is 2.30 bits per heavy atom. The van der Waals surface area contributed by atoms with Crippen LogP contribution in [0.4, 0.5) is 0 Å². The highest BCUT2D eigenvalue weighted by Crippen LogP contribution is 2.06. The molecule has 0 aromatic heterocycles. The second-order valence-corrected chi connectivity index (χ2v) is 2.26. The molecule has 1 unspecified atom stereocenters. The quantitative estimate of drug-likeness (QED) is 0.280. The number of halogens is 1. The number of rotatable bonds is 0. The molecule has 0 amide bonds. The summed E-state index contributed by atoms with van der Waals surface area (Å²) < 4.78 is 0. The number of hydrogen-bond acceptors (Lipinski definition) is 3. The molecule has 0 spiro atoms. The van der Waals surface area contributed by atoms with Gasteiger partial charge in [0.2, 0.25) is 11.6 Å². The molecule has 0 heterocycles. The maximum atomic E-state index is 10.6. The summed E-state index contributed by atoms with van der Waals surface area (Å²) in [4.78, 5) is 31.6. The van der Waals surface area contributed by atoms with Crippen molar-refractivity contribution in [2.45, 2.75) is 5.38 Å². The monoisotopic (exact) mass is 158 g/mol. The minimum atomic E-state index is -1.29. The molecule has 3 nitrogen and oxygen atoms in total. The summed E-state index contributed by atoms with van der Waals surface area (Å²) in [7, 11) is 0. The van der Waals surface area contributed by atoms with Gasteiger partial charge in [-0.2, -0.15) is 0 Å². The standard InChI is InChI=1S/C6H3ClO3/c7-5-3(8)1-2-4(9)6(5)10/h1-2,5H. The molecule has 1 rings (SSSR count). The minimum absolute atomic E-state index is 0.522. The predicted octanol–water partition coefficient (Wildman–Crippen LogP) is -0.129. The van der Waals surface area contributed by atoms with Crippen molar-refractivity contribution in [1.82, 2.24) is 0 Å². The van der Waals surface area contributed by atoms with Crippen molar-refractivity contribution >= 4 is 29.0 Å². The number of ketones is 3. The van der Waals surface area contributed by atoms with Crippen molar-refractivity contribution in [2.24, 2.45) is 0 Å². The molecule has 0 saturated heterocycles. The maximum Gasteiger partial charge on any atom is 0.228 e. The number of hydrogen-bond donors (Lipinski definition) is 0. The van der Waals surface area contributed by atoms with E-state index in [2.05, 4.69) is 0 Å². The molecule has 0 radical (unpaired) electrons. The topological polar surface area (TPSA) is 51.2 Å². The summed E-state index contributed by atoms with van der Waals surface area (Å²) in [5.41, 5.74) is 0. The number of carbonyl (C=O) groups excluding carboxylic acids is 3. The first-order valence-corrected chi connectivity index (χ1v) is 3.01. The molecular formula is C6H3ClO3. The third-order valence-electron chi connectivity index (χ3n) is 1.12. The average molecular weight is 159 g/mol. The van der Waals surface area contributed by atoms with Crippen LogP contribution in [0.3, 0.4) is 0 Å². The molecule has 0 fully saturated rings. The first-order valence-electron chi connectivity index (χ1n) is 2.57. The van der Waals surface area contributed by atoms with E-state index in [-0.39, 0.29) is 0 Å². The predicted molar refractivity (Wildman–Crippen MR) is 33.8 cm³/mol. The second-order valence-electron chi connectivity index (χ2n) is 1.83. The van der Waals surface area contributed by atoms with Gasteiger partial charge in [0.25, 0.3) is 0 Å². The van der Waals surface area contributed by atoms with Crippen LogP contribution in [0, 0.1) is 0 Å². The molecule has 0 bridgehead atoms. The third kappa shape index (κ3) is 0.998. The van der Waals surface area contributed by atoms with Crippen LogP contribution in [0.25, 0.3) is 0 Å². The molecule has 52 valence electrons. The Labute approximate surface area is 61.7 Å². The summed E-state index contributed by atoms with van der Waals surface area (Å²) in [6.45, 7) is 0. The van der Waals surface area contributed by atoms with E-state index in [1.54, 1.807) is 0 Å². The fraction of sp³-hybridized carbons (Fsp3) is 0.167. The zero-order valence-corrected chi connectivity index (χ0v) is 5.59. The summed E-state index contributed by atoms with van der Waals surface area (Å²) in [6, 6.07) is 0. The van der Waals surface area contributed by atoms with Crippen molar-refractivity contribution in [3.05, 3.63) is 12.2 Å². The number of carbonyl (C=O) groups is 3. The van der Waals surface area contributed by atoms with Gasteiger partial charge in [-0.3, -0.25) is 14.4 Å². The molecule has 0 aromatic rings. The minimum Gasteiger partial charge on any atom is -0.293 e. The fourth-order valence-corrected chi connectivity index (χ4v) is 0.759. The highest BCUT2D eigenvalue weighted by molar-refractivity contribution is 6.61. The first kappa shape index (κ1) is 7.15. The van der Waals surface area contributed by atoms with E-state index in [1.165, 1.54) is 0 Å². The first-order chi connectivity index (χ1) is 4.63. The van der Waals surface area contributed by atoms with E-state index < -0.39 is 22.7 Å². The summed E-state index contributed by atoms with van der Waals surface area (Å²) >= 11 is 5.24. The van der Waals surface area contributed by atoms with Crippen molar-refractivity contribution in [2.75, 3.05) is 0 Å². The van der Waals surface area contributed by atoms with E-state index in [0.29, 0.717) is 0 Å². The van der Waals surface area contributed by atoms with Crippen molar-refractivity contribution < 1.29 is 14.4 Å². The lowest BCUT2D eigenvalue weighted by atomic mass is 10.0. The van der Waals surface area contributed by atoms with E-state index in [9.17, 15) is 14.4 Å². The van der Waals surface area contributed by atoms with Gasteiger partial charge in [0.1, 0.15) is 0 Å². The Morgan fingerprint density at radius 2 is 1.80 bits per heavy atom. The van der Waals surface area contributed by atoms with Gasteiger partial charge in [-0.1, -0.05) is 0 Å². The van der Waals surface area contributed by atoms with Gasteiger partial charge in [-0.15, -0.1) is 11.6 Å². The van der Waals surface area contributed by atoms with Crippen LogP contribution in [-0.2, 0) is 14.4 Å². The molecule has 0 aliphatic heterocycles. The molecule has 1 aliphatic carbocycles. The molecule has 0 aromatic carbocycles. The average Bonchev–Trinajstić information content (AvgIpc) is 1.93. The van der Waals surface area contributed by atoms with E-state index in [4.69, 9.17) is 11.6 Å². The van der Waals surface area contributed by atoms with E-state index in [1.807, 2.05) is 0 Å². The molecule has 1 aliphatic rings. The van der Waals surface area contributed by atoms with Crippen LogP contribution in [0.2, 0.25) is 0 Å². The lowest BCUT2D eigenvalue weighted by molar-refractivity contribution is -0.136. The molecular weight excluding hydrogens is 156 g/mol. The van der Waals surface area contributed by atoms with Gasteiger partial charge < -0.3 is 0 Å². The van der Waals surface area contributed by atoms with Gasteiger partial charge in [0.15, 0.2) is 11.2 Å². The fourth-order valence-electron chi connectivity index (χ4n) is 0.579. The SMILES string of the molecule is O=C1C=CC(=O)C(Cl)C1=O.